The van der Waals surface area contributed by atoms with Gasteiger partial charge in [0.2, 0.25) is 0 Å². The third-order valence-corrected chi connectivity index (χ3v) is 11.8. The maximum atomic E-state index is 12.1. The minimum absolute atomic E-state index is 0.131. The smallest absolute Gasteiger partial charge is 0.387 e. The van der Waals surface area contributed by atoms with Crippen LogP contribution in [0, 0.1) is 0 Å². The minimum atomic E-state index is -5.97. The molecule has 0 bridgehead atoms. The Morgan fingerprint density at radius 3 is 2.08 bits per heavy atom. The van der Waals surface area contributed by atoms with Gasteiger partial charge in [-0.3, -0.25) is 23.4 Å². The van der Waals surface area contributed by atoms with E-state index in [0.29, 0.717) is 11.0 Å². The average molecular weight is 660 g/mol. The summed E-state index contributed by atoms with van der Waals surface area (Å²) >= 11 is 0. The van der Waals surface area contributed by atoms with Crippen LogP contribution in [0.25, 0.3) is 0 Å². The van der Waals surface area contributed by atoms with Gasteiger partial charge in [0.25, 0.3) is 5.56 Å². The number of H-pyrrole nitrogens is 1. The molecule has 2 heterocycles. The molecular weight excluding hydrogens is 628 g/mol. The van der Waals surface area contributed by atoms with Crippen molar-refractivity contribution in [1.82, 2.24) is 9.55 Å². The van der Waals surface area contributed by atoms with E-state index in [1.807, 2.05) is 11.9 Å². The van der Waals surface area contributed by atoms with Crippen molar-refractivity contribution in [3.8, 4) is 0 Å². The lowest BCUT2D eigenvalue weighted by Crippen LogP contribution is -2.37. The maximum absolute atomic E-state index is 12.1. The highest BCUT2D eigenvalue weighted by Crippen LogP contribution is 2.71. The highest BCUT2D eigenvalue weighted by atomic mass is 31.3. The van der Waals surface area contributed by atoms with Crippen LogP contribution in [0.2, 0.25) is 0 Å². The maximum Gasteiger partial charge on any atom is 0.490 e. The van der Waals surface area contributed by atoms with Gasteiger partial charge in [-0.1, -0.05) is 39.0 Å². The van der Waals surface area contributed by atoms with E-state index in [1.54, 1.807) is 0 Å². The molecule has 19 nitrogen and oxygen atoms in total. The van der Waals surface area contributed by atoms with Crippen LogP contribution in [-0.4, -0.2) is 70.4 Å². The van der Waals surface area contributed by atoms with Gasteiger partial charge in [0.15, 0.2) is 6.23 Å². The Balaban J connectivity index is 1.92. The number of aliphatic hydroxyl groups excluding tert-OH is 2. The molecule has 0 saturated carbocycles. The number of phosphoric ester groups is 1. The SMILES string of the molecule is CCCCCCCCP(=O)(O)OP(=O)(O)OP(=O)(O)OP(=O)(O)OCC1OC(n2ccc(=O)[nH]c2=O)C(O)C1O. The van der Waals surface area contributed by atoms with Crippen molar-refractivity contribution < 1.29 is 70.2 Å². The highest BCUT2D eigenvalue weighted by molar-refractivity contribution is 7.70. The summed E-state index contributed by atoms with van der Waals surface area (Å²) in [7, 11) is -22.2. The lowest BCUT2D eigenvalue weighted by atomic mass is 10.1. The summed E-state index contributed by atoms with van der Waals surface area (Å²) in [6, 6.07) is 0.913. The van der Waals surface area contributed by atoms with E-state index >= 15 is 0 Å². The van der Waals surface area contributed by atoms with Crippen LogP contribution in [0.4, 0.5) is 0 Å². The fourth-order valence-corrected chi connectivity index (χ4v) is 9.13. The van der Waals surface area contributed by atoms with E-state index in [2.05, 4.69) is 17.5 Å². The van der Waals surface area contributed by atoms with Gasteiger partial charge < -0.3 is 34.5 Å². The third-order valence-electron chi connectivity index (χ3n) is 5.30. The molecule has 1 aliphatic rings. The molecule has 0 amide bonds. The molecule has 7 N–H and O–H groups in total. The first-order valence-electron chi connectivity index (χ1n) is 11.8. The molecule has 40 heavy (non-hydrogen) atoms. The van der Waals surface area contributed by atoms with Crippen molar-refractivity contribution >= 4 is 31.1 Å². The first-order chi connectivity index (χ1) is 18.4. The van der Waals surface area contributed by atoms with Crippen molar-refractivity contribution in [1.29, 1.82) is 0 Å². The molecule has 1 aliphatic heterocycles. The predicted molar refractivity (Wildman–Crippen MR) is 134 cm³/mol. The molecule has 23 heteroatoms. The normalized spacial score (nSPS) is 27.4. The van der Waals surface area contributed by atoms with Gasteiger partial charge >= 0.3 is 36.8 Å². The second-order valence-electron chi connectivity index (χ2n) is 8.64. The number of hydrogen-bond donors (Lipinski definition) is 7. The quantitative estimate of drug-likeness (QED) is 0.0908. The Morgan fingerprint density at radius 2 is 1.45 bits per heavy atom. The number of rotatable bonds is 17. The lowest BCUT2D eigenvalue weighted by molar-refractivity contribution is -0.0542. The molecule has 8 atom stereocenters. The molecule has 0 aromatic carbocycles. The summed E-state index contributed by atoms with van der Waals surface area (Å²) in [6.07, 6.45) is -2.28. The zero-order valence-electron chi connectivity index (χ0n) is 21.0. The third kappa shape index (κ3) is 11.4. The molecule has 1 aromatic rings. The summed E-state index contributed by atoms with van der Waals surface area (Å²) < 4.78 is 70.3. The van der Waals surface area contributed by atoms with Crippen molar-refractivity contribution in [3.63, 3.8) is 0 Å². The van der Waals surface area contributed by atoms with Crippen LogP contribution < -0.4 is 11.2 Å². The first-order valence-corrected chi connectivity index (χ1v) is 18.0. The van der Waals surface area contributed by atoms with Gasteiger partial charge in [0, 0.05) is 12.3 Å². The number of unbranched alkanes of at least 4 members (excludes halogenated alkanes) is 5. The van der Waals surface area contributed by atoms with Crippen LogP contribution in [0.15, 0.2) is 21.9 Å². The second-order valence-corrected chi connectivity index (χ2v) is 15.4. The second kappa shape index (κ2) is 14.6. The number of hydrogen-bond acceptors (Lipinski definition) is 13. The topological polar surface area (TPSA) is 291 Å². The van der Waals surface area contributed by atoms with Gasteiger partial charge in [0.1, 0.15) is 18.3 Å². The van der Waals surface area contributed by atoms with E-state index in [1.165, 1.54) is 0 Å². The number of aliphatic hydroxyl groups is 2. The highest BCUT2D eigenvalue weighted by Gasteiger charge is 2.48. The summed E-state index contributed by atoms with van der Waals surface area (Å²) in [4.78, 5) is 63.7. The fourth-order valence-electron chi connectivity index (χ4n) is 3.50. The fraction of sp³-hybridized carbons (Fsp3) is 0.765. The van der Waals surface area contributed by atoms with Gasteiger partial charge in [-0.05, 0) is 6.42 Å². The Morgan fingerprint density at radius 1 is 0.875 bits per heavy atom. The number of nitrogens with zero attached hydrogens (tertiary/aromatic N) is 1. The Kier molecular flexibility index (Phi) is 12.9. The molecule has 8 unspecified atom stereocenters. The summed E-state index contributed by atoms with van der Waals surface area (Å²) in [5.41, 5.74) is -1.78. The molecular formula is C17H32N2O17P4. The average Bonchev–Trinajstić information content (AvgIpc) is 3.06. The standard InChI is InChI=1S/C17H32N2O17P4/c1-2-3-4-5-6-7-10-37(24,25)34-39(28,29)36-40(30,31)35-38(26,27)32-11-12-14(21)15(22)16(33-12)19-9-8-13(20)18-17(19)23/h8-9,12,14-16,21-22H,2-7,10-11H2,1H3,(H,24,25)(H,26,27)(H,28,29)(H,30,31)(H,18,20,23). The number of nitrogens with one attached hydrogen (secondary N) is 1. The van der Waals surface area contributed by atoms with Crippen LogP contribution in [0.3, 0.4) is 0 Å². The molecule has 1 aromatic heterocycles. The largest absolute Gasteiger partial charge is 0.490 e. The van der Waals surface area contributed by atoms with E-state index in [4.69, 9.17) is 4.74 Å². The zero-order chi connectivity index (χ0) is 30.4. The van der Waals surface area contributed by atoms with E-state index < -0.39 is 79.6 Å². The Bertz CT molecular complexity index is 1300. The molecule has 2 rings (SSSR count). The van der Waals surface area contributed by atoms with Gasteiger partial charge in [-0.15, -0.1) is 0 Å². The molecule has 0 spiro atoms. The number of phosphoric acid groups is 3. The van der Waals surface area contributed by atoms with Gasteiger partial charge in [-0.2, -0.15) is 8.62 Å². The van der Waals surface area contributed by atoms with Crippen LogP contribution in [0.5, 0.6) is 0 Å². The van der Waals surface area contributed by atoms with E-state index in [9.17, 15) is 57.6 Å². The Hall–Kier alpha value is -0.840. The van der Waals surface area contributed by atoms with Crippen LogP contribution >= 0.6 is 31.1 Å². The Labute approximate surface area is 227 Å². The van der Waals surface area contributed by atoms with Crippen molar-refractivity contribution in [3.05, 3.63) is 33.1 Å². The summed E-state index contributed by atoms with van der Waals surface area (Å²) in [6.45, 7) is 0.898. The van der Waals surface area contributed by atoms with Crippen molar-refractivity contribution in [2.75, 3.05) is 12.8 Å². The van der Waals surface area contributed by atoms with Crippen molar-refractivity contribution in [2.24, 2.45) is 0 Å². The monoisotopic (exact) mass is 660 g/mol. The molecule has 0 radical (unpaired) electrons. The van der Waals surface area contributed by atoms with Gasteiger partial charge in [0.05, 0.1) is 12.8 Å². The molecule has 1 saturated heterocycles. The molecule has 232 valence electrons. The summed E-state index contributed by atoms with van der Waals surface area (Å²) in [5.74, 6) is 0. The first kappa shape index (κ1) is 35.4. The number of ether oxygens (including phenoxy) is 1. The van der Waals surface area contributed by atoms with Gasteiger partial charge in [-0.25, -0.2) is 22.8 Å². The molecule has 1 fully saturated rings. The van der Waals surface area contributed by atoms with Crippen LogP contribution in [0.1, 0.15) is 51.7 Å². The zero-order valence-corrected chi connectivity index (χ0v) is 24.6. The van der Waals surface area contributed by atoms with E-state index in [0.717, 1.165) is 37.9 Å². The van der Waals surface area contributed by atoms with Crippen molar-refractivity contribution in [2.45, 2.75) is 70.0 Å². The lowest BCUT2D eigenvalue weighted by Gasteiger charge is -2.21. The van der Waals surface area contributed by atoms with E-state index in [-0.39, 0.29) is 6.42 Å². The molecule has 0 aliphatic carbocycles. The number of aromatic amines is 1. The van der Waals surface area contributed by atoms with Crippen LogP contribution in [-0.2, 0) is 40.5 Å². The minimum Gasteiger partial charge on any atom is -0.387 e. The summed E-state index contributed by atoms with van der Waals surface area (Å²) in [5, 5.41) is 20.3. The number of aromatic nitrogens is 2. The predicted octanol–water partition coefficient (Wildman–Crippen LogP) is 1.07.